The van der Waals surface area contributed by atoms with E-state index in [9.17, 15) is 14.9 Å². The molecule has 0 spiro atoms. The van der Waals surface area contributed by atoms with Crippen molar-refractivity contribution in [1.29, 1.82) is 5.26 Å². The lowest BCUT2D eigenvalue weighted by atomic mass is 9.89. The molecule has 1 aliphatic carbocycles. The summed E-state index contributed by atoms with van der Waals surface area (Å²) >= 11 is 0. The first kappa shape index (κ1) is 23.3. The van der Waals surface area contributed by atoms with Crippen LogP contribution in [0, 0.1) is 11.3 Å². The van der Waals surface area contributed by atoms with Crippen LogP contribution >= 0.6 is 0 Å². The molecule has 1 heterocycles. The van der Waals surface area contributed by atoms with Crippen molar-refractivity contribution in [1.82, 2.24) is 0 Å². The SMILES string of the molecule is N#Cc1c(NC(=O)CCC(=O)c2ccc3c(c2)CCCC3)oc(-c2ccccc2)c1-c1ccccc1. The van der Waals surface area contributed by atoms with Gasteiger partial charge in [-0.15, -0.1) is 0 Å². The minimum atomic E-state index is -0.370. The Morgan fingerprint density at radius 3 is 2.19 bits per heavy atom. The van der Waals surface area contributed by atoms with Crippen LogP contribution in [0.3, 0.4) is 0 Å². The third kappa shape index (κ3) is 4.85. The van der Waals surface area contributed by atoms with Crippen molar-refractivity contribution in [2.45, 2.75) is 38.5 Å². The molecular formula is C31H26N2O3. The van der Waals surface area contributed by atoms with E-state index in [1.807, 2.05) is 78.9 Å². The molecular weight excluding hydrogens is 448 g/mol. The number of nitrogens with one attached hydrogen (secondary N) is 1. The van der Waals surface area contributed by atoms with Gasteiger partial charge in [-0.1, -0.05) is 72.8 Å². The predicted octanol–water partition coefficient (Wildman–Crippen LogP) is 6.97. The molecule has 1 aromatic heterocycles. The number of rotatable bonds is 7. The van der Waals surface area contributed by atoms with Crippen molar-refractivity contribution in [3.8, 4) is 28.5 Å². The Bertz CT molecular complexity index is 1450. The zero-order chi connectivity index (χ0) is 24.9. The van der Waals surface area contributed by atoms with Gasteiger partial charge in [-0.2, -0.15) is 5.26 Å². The molecule has 0 saturated carbocycles. The van der Waals surface area contributed by atoms with Gasteiger partial charge >= 0.3 is 0 Å². The highest BCUT2D eigenvalue weighted by Crippen LogP contribution is 2.41. The first-order valence-electron chi connectivity index (χ1n) is 12.3. The average molecular weight is 475 g/mol. The smallest absolute Gasteiger partial charge is 0.227 e. The Morgan fingerprint density at radius 2 is 1.50 bits per heavy atom. The minimum absolute atomic E-state index is 0.00280. The summed E-state index contributed by atoms with van der Waals surface area (Å²) in [4.78, 5) is 25.6. The van der Waals surface area contributed by atoms with E-state index >= 15 is 0 Å². The molecule has 0 unspecified atom stereocenters. The van der Waals surface area contributed by atoms with Gasteiger partial charge in [0.15, 0.2) is 5.78 Å². The summed E-state index contributed by atoms with van der Waals surface area (Å²) in [5, 5.41) is 12.7. The number of Topliss-reactive ketones (excluding diaryl/α,β-unsaturated/α-hetero) is 1. The fraction of sp³-hybridized carbons (Fsp3) is 0.194. The highest BCUT2D eigenvalue weighted by atomic mass is 16.4. The highest BCUT2D eigenvalue weighted by molar-refractivity contribution is 6.01. The van der Waals surface area contributed by atoms with Crippen molar-refractivity contribution in [3.05, 3.63) is 101 Å². The summed E-state index contributed by atoms with van der Waals surface area (Å²) in [6, 6.07) is 27.1. The molecule has 1 N–H and O–H groups in total. The number of hydrogen-bond donors (Lipinski definition) is 1. The second kappa shape index (κ2) is 10.5. The molecule has 178 valence electrons. The highest BCUT2D eigenvalue weighted by Gasteiger charge is 2.24. The maximum atomic E-state index is 12.8. The Morgan fingerprint density at radius 1 is 0.833 bits per heavy atom. The topological polar surface area (TPSA) is 83.1 Å². The van der Waals surface area contributed by atoms with E-state index < -0.39 is 0 Å². The van der Waals surface area contributed by atoms with Gasteiger partial charge in [0, 0.05) is 29.5 Å². The number of furan rings is 1. The van der Waals surface area contributed by atoms with Crippen LogP contribution in [0.15, 0.2) is 83.3 Å². The van der Waals surface area contributed by atoms with Crippen LogP contribution in [-0.4, -0.2) is 11.7 Å². The fourth-order valence-corrected chi connectivity index (χ4v) is 4.77. The number of amides is 1. The molecule has 5 heteroatoms. The molecule has 5 nitrogen and oxygen atoms in total. The quantitative estimate of drug-likeness (QED) is 0.293. The number of carbonyl (C=O) groups is 2. The van der Waals surface area contributed by atoms with Gasteiger partial charge in [-0.05, 0) is 48.4 Å². The van der Waals surface area contributed by atoms with Crippen LogP contribution in [-0.2, 0) is 17.6 Å². The minimum Gasteiger partial charge on any atom is -0.438 e. The number of nitrogens with zero attached hydrogens (tertiary/aromatic N) is 1. The van der Waals surface area contributed by atoms with Crippen molar-refractivity contribution < 1.29 is 14.0 Å². The fourth-order valence-electron chi connectivity index (χ4n) is 4.77. The Kier molecular flexibility index (Phi) is 6.77. The van der Waals surface area contributed by atoms with Crippen molar-refractivity contribution in [2.75, 3.05) is 5.32 Å². The first-order valence-corrected chi connectivity index (χ1v) is 12.3. The van der Waals surface area contributed by atoms with Crippen LogP contribution in [0.5, 0.6) is 0 Å². The van der Waals surface area contributed by atoms with Crippen molar-refractivity contribution in [2.24, 2.45) is 0 Å². The Hall–Kier alpha value is -4.43. The van der Waals surface area contributed by atoms with Crippen molar-refractivity contribution >= 4 is 17.6 Å². The average Bonchev–Trinajstić information content (AvgIpc) is 3.30. The lowest BCUT2D eigenvalue weighted by Crippen LogP contribution is -2.14. The molecule has 0 saturated heterocycles. The summed E-state index contributed by atoms with van der Waals surface area (Å²) in [7, 11) is 0. The standard InChI is InChI=1S/C31H26N2O3/c32-20-26-29(22-10-3-1-4-11-22)30(23-12-5-2-6-13-23)36-31(26)33-28(35)18-17-27(34)25-16-15-21-9-7-8-14-24(21)19-25/h1-6,10-13,15-16,19H,7-9,14,17-18H2,(H,33,35). The molecule has 3 aromatic carbocycles. The molecule has 1 amide bonds. The van der Waals surface area contributed by atoms with Crippen LogP contribution in [0.4, 0.5) is 5.88 Å². The monoisotopic (exact) mass is 474 g/mol. The van der Waals surface area contributed by atoms with Gasteiger partial charge in [0.1, 0.15) is 17.4 Å². The lowest BCUT2D eigenvalue weighted by molar-refractivity contribution is -0.116. The van der Waals surface area contributed by atoms with E-state index in [0.717, 1.165) is 30.4 Å². The van der Waals surface area contributed by atoms with Gasteiger partial charge < -0.3 is 4.42 Å². The van der Waals surface area contributed by atoms with E-state index in [1.165, 1.54) is 17.5 Å². The number of fused-ring (bicyclic) bond motifs is 1. The number of ketones is 1. The zero-order valence-corrected chi connectivity index (χ0v) is 19.9. The Labute approximate surface area is 210 Å². The van der Waals surface area contributed by atoms with Crippen LogP contribution in [0.2, 0.25) is 0 Å². The number of anilines is 1. The molecule has 1 aliphatic rings. The van der Waals surface area contributed by atoms with Gasteiger partial charge in [0.05, 0.1) is 0 Å². The summed E-state index contributed by atoms with van der Waals surface area (Å²) in [5.41, 5.74) is 5.72. The third-order valence-corrected chi connectivity index (χ3v) is 6.62. The van der Waals surface area contributed by atoms with E-state index in [2.05, 4.69) is 11.4 Å². The van der Waals surface area contributed by atoms with E-state index in [0.29, 0.717) is 16.9 Å². The first-order chi connectivity index (χ1) is 17.6. The molecule has 36 heavy (non-hydrogen) atoms. The number of benzene rings is 3. The summed E-state index contributed by atoms with van der Waals surface area (Å²) in [6.07, 6.45) is 4.49. The third-order valence-electron chi connectivity index (χ3n) is 6.62. The molecule has 0 radical (unpaired) electrons. The van der Waals surface area contributed by atoms with Gasteiger partial charge in [-0.3, -0.25) is 14.9 Å². The van der Waals surface area contributed by atoms with Crippen LogP contribution in [0.25, 0.3) is 22.5 Å². The summed E-state index contributed by atoms with van der Waals surface area (Å²) in [5.74, 6) is 0.180. The molecule has 5 rings (SSSR count). The Balaban J connectivity index is 1.36. The zero-order valence-electron chi connectivity index (χ0n) is 19.9. The second-order valence-electron chi connectivity index (χ2n) is 9.02. The van der Waals surface area contributed by atoms with Gasteiger partial charge in [0.2, 0.25) is 11.8 Å². The van der Waals surface area contributed by atoms with Crippen molar-refractivity contribution in [3.63, 3.8) is 0 Å². The second-order valence-corrected chi connectivity index (χ2v) is 9.02. The summed E-state index contributed by atoms with van der Waals surface area (Å²) in [6.45, 7) is 0. The number of carbonyl (C=O) groups excluding carboxylic acids is 2. The molecule has 0 aliphatic heterocycles. The molecule has 4 aromatic rings. The summed E-state index contributed by atoms with van der Waals surface area (Å²) < 4.78 is 6.06. The van der Waals surface area contributed by atoms with Crippen LogP contribution < -0.4 is 5.32 Å². The van der Waals surface area contributed by atoms with E-state index in [1.54, 1.807) is 0 Å². The van der Waals surface area contributed by atoms with Gasteiger partial charge in [-0.25, -0.2) is 0 Å². The largest absolute Gasteiger partial charge is 0.438 e. The number of aryl methyl sites for hydroxylation is 2. The van der Waals surface area contributed by atoms with E-state index in [4.69, 9.17) is 4.42 Å². The normalized spacial score (nSPS) is 12.4. The number of hydrogen-bond acceptors (Lipinski definition) is 4. The maximum absolute atomic E-state index is 12.8. The lowest BCUT2D eigenvalue weighted by Gasteiger charge is -2.16. The molecule has 0 bridgehead atoms. The van der Waals surface area contributed by atoms with Gasteiger partial charge in [0.25, 0.3) is 0 Å². The molecule has 0 atom stereocenters. The molecule has 0 fully saturated rings. The predicted molar refractivity (Wildman–Crippen MR) is 140 cm³/mol. The van der Waals surface area contributed by atoms with Crippen LogP contribution in [0.1, 0.15) is 52.7 Å². The van der Waals surface area contributed by atoms with E-state index in [-0.39, 0.29) is 36.0 Å². The number of nitriles is 1. The maximum Gasteiger partial charge on any atom is 0.227 e.